The number of esters is 1. The molecule has 0 N–H and O–H groups in total. The van der Waals surface area contributed by atoms with Gasteiger partial charge in [-0.3, -0.25) is 14.5 Å². The Labute approximate surface area is 237 Å². The van der Waals surface area contributed by atoms with Gasteiger partial charge in [-0.2, -0.15) is 13.2 Å². The molecule has 2 aromatic rings. The van der Waals surface area contributed by atoms with Crippen LogP contribution in [0.3, 0.4) is 0 Å². The van der Waals surface area contributed by atoms with E-state index in [-0.39, 0.29) is 29.5 Å². The number of carbonyl (C=O) groups is 2. The molecule has 0 radical (unpaired) electrons. The molecule has 5 atom stereocenters. The van der Waals surface area contributed by atoms with Gasteiger partial charge in [0, 0.05) is 38.7 Å². The first kappa shape index (κ1) is 27.6. The average Bonchev–Trinajstić information content (AvgIpc) is 3.27. The molecule has 2 heterocycles. The summed E-state index contributed by atoms with van der Waals surface area (Å²) in [5.41, 5.74) is 0.329. The topological polar surface area (TPSA) is 59.1 Å². The van der Waals surface area contributed by atoms with E-state index >= 15 is 0 Å². The van der Waals surface area contributed by atoms with Crippen LogP contribution in [-0.2, 0) is 32.3 Å². The van der Waals surface area contributed by atoms with Crippen LogP contribution < -0.4 is 4.74 Å². The van der Waals surface area contributed by atoms with Gasteiger partial charge in [-0.1, -0.05) is 30.3 Å². The van der Waals surface area contributed by atoms with Crippen molar-refractivity contribution in [2.45, 2.75) is 68.0 Å². The lowest BCUT2D eigenvalue weighted by Gasteiger charge is -2.65. The normalized spacial score (nSPS) is 29.9. The number of ether oxygens (including phenoxy) is 2. The zero-order valence-electron chi connectivity index (χ0n) is 23.1. The molecule has 1 amide bonds. The van der Waals surface area contributed by atoms with Crippen molar-refractivity contribution in [2.75, 3.05) is 20.1 Å². The predicted octanol–water partition coefficient (Wildman–Crippen LogP) is 5.16. The van der Waals surface area contributed by atoms with Gasteiger partial charge in [0.25, 0.3) is 0 Å². The molecule has 4 aliphatic rings. The Balaban J connectivity index is 1.36. The molecule has 0 aromatic heterocycles. The Hall–Kier alpha value is -3.59. The van der Waals surface area contributed by atoms with E-state index in [9.17, 15) is 22.8 Å². The number of benzene rings is 2. The van der Waals surface area contributed by atoms with Crippen molar-refractivity contribution in [2.24, 2.45) is 0 Å². The SMILES string of the molecule is C=CCN1CC[C@]23c4c5cccc4O[C@H]2[C@H](N(C)C(=O)C=Cc2cccc(C(F)(F)F)c2)CC[C@@]3(OC(C)=O)[C@H]1C5. The first-order valence-corrected chi connectivity index (χ1v) is 14.0. The standard InChI is InChI=1S/C32H33F3N2O4/c1-4-16-37-17-15-30-28-22-8-6-10-25(28)40-29(30)24(13-14-31(30,26(37)19-22)41-20(2)38)36(3)27(39)12-11-21-7-5-9-23(18-21)32(33,34)35/h4-12,18,24,26,29H,1,13-17,19H2,2-3H3/t24-,26-,29+,30+,31-/m1/s1. The molecule has 2 fully saturated rings. The Bertz CT molecular complexity index is 1440. The number of halogens is 3. The molecule has 2 aliphatic carbocycles. The van der Waals surface area contributed by atoms with E-state index in [4.69, 9.17) is 9.47 Å². The minimum atomic E-state index is -4.47. The summed E-state index contributed by atoms with van der Waals surface area (Å²) in [4.78, 5) is 30.1. The molecule has 1 saturated carbocycles. The molecule has 1 saturated heterocycles. The molecule has 216 valence electrons. The van der Waals surface area contributed by atoms with Gasteiger partial charge in [-0.15, -0.1) is 6.58 Å². The molecular weight excluding hydrogens is 533 g/mol. The summed E-state index contributed by atoms with van der Waals surface area (Å²) < 4.78 is 52.6. The Kier molecular flexibility index (Phi) is 6.56. The highest BCUT2D eigenvalue weighted by molar-refractivity contribution is 5.92. The van der Waals surface area contributed by atoms with E-state index in [1.165, 1.54) is 36.8 Å². The largest absolute Gasteiger partial charge is 0.487 e. The number of hydrogen-bond donors (Lipinski definition) is 0. The zero-order valence-corrected chi connectivity index (χ0v) is 23.1. The second kappa shape index (κ2) is 9.76. The summed E-state index contributed by atoms with van der Waals surface area (Å²) in [6.45, 7) is 6.84. The van der Waals surface area contributed by atoms with Crippen LogP contribution >= 0.6 is 0 Å². The number of likely N-dealkylation sites (N-methyl/N-ethyl adjacent to an activating group) is 1. The summed E-state index contributed by atoms with van der Waals surface area (Å²) in [6.07, 6.45) is 2.20. The number of carbonyl (C=O) groups excluding carboxylic acids is 2. The van der Waals surface area contributed by atoms with Crippen LogP contribution in [0, 0.1) is 0 Å². The lowest BCUT2D eigenvalue weighted by atomic mass is 9.48. The quantitative estimate of drug-likeness (QED) is 0.275. The first-order chi connectivity index (χ1) is 19.5. The highest BCUT2D eigenvalue weighted by atomic mass is 19.4. The summed E-state index contributed by atoms with van der Waals surface area (Å²) in [7, 11) is 1.71. The van der Waals surface area contributed by atoms with E-state index < -0.39 is 28.9 Å². The second-order valence-electron chi connectivity index (χ2n) is 11.5. The number of likely N-dealkylation sites (tertiary alicyclic amines) is 1. The minimum Gasteiger partial charge on any atom is -0.487 e. The van der Waals surface area contributed by atoms with Crippen LogP contribution in [0.2, 0.25) is 0 Å². The molecule has 2 bridgehead atoms. The average molecular weight is 567 g/mol. The van der Waals surface area contributed by atoms with Gasteiger partial charge >= 0.3 is 12.1 Å². The lowest BCUT2D eigenvalue weighted by Crippen LogP contribution is -2.79. The lowest BCUT2D eigenvalue weighted by molar-refractivity contribution is -0.222. The van der Waals surface area contributed by atoms with Crippen LogP contribution in [-0.4, -0.2) is 65.6 Å². The fraction of sp³-hybridized carbons (Fsp3) is 0.438. The number of alkyl halides is 3. The molecule has 41 heavy (non-hydrogen) atoms. The van der Waals surface area contributed by atoms with Gasteiger partial charge in [-0.25, -0.2) is 0 Å². The van der Waals surface area contributed by atoms with E-state index in [0.717, 1.165) is 36.4 Å². The first-order valence-electron chi connectivity index (χ1n) is 14.0. The van der Waals surface area contributed by atoms with E-state index in [0.29, 0.717) is 25.8 Å². The molecule has 9 heteroatoms. The summed E-state index contributed by atoms with van der Waals surface area (Å²) in [6, 6.07) is 10.5. The van der Waals surface area contributed by atoms with Crippen molar-refractivity contribution in [3.8, 4) is 5.75 Å². The molecule has 2 aliphatic heterocycles. The van der Waals surface area contributed by atoms with Gasteiger partial charge in [0.15, 0.2) is 0 Å². The van der Waals surface area contributed by atoms with Gasteiger partial charge in [0.1, 0.15) is 17.5 Å². The maximum absolute atomic E-state index is 13.4. The summed E-state index contributed by atoms with van der Waals surface area (Å²) in [5, 5.41) is 0. The minimum absolute atomic E-state index is 0.0622. The van der Waals surface area contributed by atoms with Gasteiger partial charge in [0.2, 0.25) is 5.91 Å². The monoisotopic (exact) mass is 566 g/mol. The van der Waals surface area contributed by atoms with Crippen molar-refractivity contribution in [3.63, 3.8) is 0 Å². The third-order valence-corrected chi connectivity index (χ3v) is 9.57. The Morgan fingerprint density at radius 3 is 2.73 bits per heavy atom. The van der Waals surface area contributed by atoms with Crippen LogP contribution in [0.25, 0.3) is 6.08 Å². The number of amides is 1. The summed E-state index contributed by atoms with van der Waals surface area (Å²) >= 11 is 0. The van der Waals surface area contributed by atoms with Crippen LogP contribution in [0.4, 0.5) is 13.2 Å². The molecule has 6 nitrogen and oxygen atoms in total. The number of hydrogen-bond acceptors (Lipinski definition) is 5. The third-order valence-electron chi connectivity index (χ3n) is 9.57. The zero-order chi connectivity index (χ0) is 29.2. The molecular formula is C32H33F3N2O4. The van der Waals surface area contributed by atoms with Gasteiger partial charge < -0.3 is 14.4 Å². The van der Waals surface area contributed by atoms with Crippen molar-refractivity contribution < 1.29 is 32.2 Å². The van der Waals surface area contributed by atoms with Crippen LogP contribution in [0.5, 0.6) is 5.75 Å². The third kappa shape index (κ3) is 4.11. The van der Waals surface area contributed by atoms with Crippen molar-refractivity contribution >= 4 is 18.0 Å². The highest BCUT2D eigenvalue weighted by Crippen LogP contribution is 2.65. The van der Waals surface area contributed by atoms with Gasteiger partial charge in [0.05, 0.1) is 23.1 Å². The highest BCUT2D eigenvalue weighted by Gasteiger charge is 2.75. The Morgan fingerprint density at radius 1 is 1.22 bits per heavy atom. The Morgan fingerprint density at radius 2 is 2.00 bits per heavy atom. The van der Waals surface area contributed by atoms with Crippen molar-refractivity contribution in [3.05, 3.63) is 83.4 Å². The maximum atomic E-state index is 13.4. The number of piperidine rings is 1. The predicted molar refractivity (Wildman–Crippen MR) is 147 cm³/mol. The van der Waals surface area contributed by atoms with Crippen LogP contribution in [0.15, 0.2) is 61.2 Å². The van der Waals surface area contributed by atoms with E-state index in [1.807, 2.05) is 18.2 Å². The van der Waals surface area contributed by atoms with Crippen molar-refractivity contribution in [1.82, 2.24) is 9.80 Å². The fourth-order valence-corrected chi connectivity index (χ4v) is 8.06. The van der Waals surface area contributed by atoms with E-state index in [1.54, 1.807) is 11.9 Å². The second-order valence-corrected chi connectivity index (χ2v) is 11.5. The molecule has 1 spiro atoms. The van der Waals surface area contributed by atoms with Crippen molar-refractivity contribution in [1.29, 1.82) is 0 Å². The molecule has 6 rings (SSSR count). The number of nitrogens with zero attached hydrogens (tertiary/aromatic N) is 2. The van der Waals surface area contributed by atoms with E-state index in [2.05, 4.69) is 17.5 Å². The summed E-state index contributed by atoms with van der Waals surface area (Å²) in [5.74, 6) is 0.0974. The van der Waals surface area contributed by atoms with Crippen LogP contribution in [0.1, 0.15) is 48.4 Å². The smallest absolute Gasteiger partial charge is 0.416 e. The van der Waals surface area contributed by atoms with Gasteiger partial charge in [-0.05, 0) is 61.1 Å². The maximum Gasteiger partial charge on any atom is 0.416 e. The fourth-order valence-electron chi connectivity index (χ4n) is 8.06. The molecule has 2 aromatic carbocycles. The molecule has 0 unspecified atom stereocenters. The number of rotatable bonds is 6.